The van der Waals surface area contributed by atoms with Crippen LogP contribution in [0.3, 0.4) is 0 Å². The molecule has 0 radical (unpaired) electrons. The Bertz CT molecular complexity index is 115. The Balaban J connectivity index is 2.52. The van der Waals surface area contributed by atoms with Gasteiger partial charge < -0.3 is 10.5 Å². The highest BCUT2D eigenvalue weighted by atomic mass is 16.5. The van der Waals surface area contributed by atoms with Crippen molar-refractivity contribution in [1.82, 2.24) is 0 Å². The van der Waals surface area contributed by atoms with E-state index in [1.165, 1.54) is 6.42 Å². The average molecular weight is 157 g/mol. The molecule has 0 heterocycles. The summed E-state index contributed by atoms with van der Waals surface area (Å²) < 4.78 is 5.34. The highest BCUT2D eigenvalue weighted by molar-refractivity contribution is 4.85. The van der Waals surface area contributed by atoms with Gasteiger partial charge in [0, 0.05) is 13.2 Å². The lowest BCUT2D eigenvalue weighted by molar-refractivity contribution is 0.00237. The monoisotopic (exact) mass is 157 g/mol. The van der Waals surface area contributed by atoms with Gasteiger partial charge in [-0.05, 0) is 24.7 Å². The van der Waals surface area contributed by atoms with Crippen LogP contribution in [0.25, 0.3) is 0 Å². The number of rotatable bonds is 1. The zero-order valence-electron chi connectivity index (χ0n) is 7.71. The first-order valence-electron chi connectivity index (χ1n) is 4.43. The molecule has 1 saturated carbocycles. The van der Waals surface area contributed by atoms with Crippen molar-refractivity contribution in [3.05, 3.63) is 0 Å². The molecule has 11 heavy (non-hydrogen) atoms. The highest BCUT2D eigenvalue weighted by Gasteiger charge is 2.31. The largest absolute Gasteiger partial charge is 0.380 e. The van der Waals surface area contributed by atoms with Crippen LogP contribution in [0.4, 0.5) is 0 Å². The summed E-state index contributed by atoms with van der Waals surface area (Å²) >= 11 is 0. The van der Waals surface area contributed by atoms with E-state index in [0.717, 1.165) is 12.3 Å². The molecule has 1 aliphatic carbocycles. The van der Waals surface area contributed by atoms with E-state index in [4.69, 9.17) is 10.5 Å². The molecular formula is C9H19NO. The first-order valence-corrected chi connectivity index (χ1v) is 4.43. The topological polar surface area (TPSA) is 35.2 Å². The molecule has 1 fully saturated rings. The summed E-state index contributed by atoms with van der Waals surface area (Å²) in [7, 11) is 1.76. The summed E-state index contributed by atoms with van der Waals surface area (Å²) in [6.07, 6.45) is 2.65. The van der Waals surface area contributed by atoms with Gasteiger partial charge in [-0.1, -0.05) is 13.8 Å². The van der Waals surface area contributed by atoms with Crippen LogP contribution in [0.5, 0.6) is 0 Å². The van der Waals surface area contributed by atoms with Crippen LogP contribution in [0.15, 0.2) is 0 Å². The molecule has 2 heteroatoms. The van der Waals surface area contributed by atoms with E-state index in [1.807, 2.05) is 0 Å². The zero-order chi connectivity index (χ0) is 8.43. The van der Waals surface area contributed by atoms with E-state index < -0.39 is 0 Å². The van der Waals surface area contributed by atoms with Crippen LogP contribution in [-0.2, 0) is 4.74 Å². The Morgan fingerprint density at radius 1 is 1.27 bits per heavy atom. The predicted molar refractivity (Wildman–Crippen MR) is 46.3 cm³/mol. The minimum absolute atomic E-state index is 0.249. The third kappa shape index (κ3) is 1.94. The molecule has 0 aromatic rings. The molecule has 0 spiro atoms. The third-order valence-electron chi connectivity index (χ3n) is 2.70. The summed E-state index contributed by atoms with van der Waals surface area (Å²) in [5.74, 6) is 1.39. The van der Waals surface area contributed by atoms with E-state index in [-0.39, 0.29) is 12.1 Å². The van der Waals surface area contributed by atoms with E-state index in [2.05, 4.69) is 13.8 Å². The van der Waals surface area contributed by atoms with Crippen LogP contribution >= 0.6 is 0 Å². The SMILES string of the molecule is CO[C@@H]1[C@H](C)C[C@H](C)C[C@@H]1N. The van der Waals surface area contributed by atoms with Gasteiger partial charge in [0.1, 0.15) is 0 Å². The van der Waals surface area contributed by atoms with Crippen molar-refractivity contribution in [2.45, 2.75) is 38.8 Å². The van der Waals surface area contributed by atoms with Gasteiger partial charge in [-0.25, -0.2) is 0 Å². The lowest BCUT2D eigenvalue weighted by Crippen LogP contribution is -2.45. The molecule has 0 aromatic carbocycles. The molecule has 0 saturated heterocycles. The van der Waals surface area contributed by atoms with Crippen LogP contribution in [0.2, 0.25) is 0 Å². The molecule has 66 valence electrons. The van der Waals surface area contributed by atoms with Crippen LogP contribution in [-0.4, -0.2) is 19.3 Å². The molecule has 1 aliphatic rings. The van der Waals surface area contributed by atoms with Crippen LogP contribution in [0, 0.1) is 11.8 Å². The molecular weight excluding hydrogens is 138 g/mol. The fourth-order valence-electron chi connectivity index (χ4n) is 2.29. The molecule has 0 bridgehead atoms. The van der Waals surface area contributed by atoms with Crippen molar-refractivity contribution in [2.24, 2.45) is 17.6 Å². The number of hydrogen-bond acceptors (Lipinski definition) is 2. The van der Waals surface area contributed by atoms with Gasteiger partial charge in [0.2, 0.25) is 0 Å². The molecule has 2 nitrogen and oxygen atoms in total. The number of ether oxygens (including phenoxy) is 1. The highest BCUT2D eigenvalue weighted by Crippen LogP contribution is 2.29. The van der Waals surface area contributed by atoms with Crippen LogP contribution < -0.4 is 5.73 Å². The Morgan fingerprint density at radius 2 is 1.91 bits per heavy atom. The molecule has 0 aliphatic heterocycles. The van der Waals surface area contributed by atoms with Crippen molar-refractivity contribution in [3.63, 3.8) is 0 Å². The van der Waals surface area contributed by atoms with E-state index in [1.54, 1.807) is 7.11 Å². The normalized spacial score (nSPS) is 45.8. The second-order valence-corrected chi connectivity index (χ2v) is 3.92. The maximum atomic E-state index is 5.95. The number of hydrogen-bond donors (Lipinski definition) is 1. The second kappa shape index (κ2) is 3.55. The third-order valence-corrected chi connectivity index (χ3v) is 2.70. The molecule has 1 rings (SSSR count). The van der Waals surface area contributed by atoms with Crippen molar-refractivity contribution >= 4 is 0 Å². The van der Waals surface area contributed by atoms with Gasteiger partial charge in [0.25, 0.3) is 0 Å². The summed E-state index contributed by atoms with van der Waals surface area (Å²) in [5.41, 5.74) is 5.95. The smallest absolute Gasteiger partial charge is 0.0747 e. The first-order chi connectivity index (χ1) is 5.15. The number of nitrogens with two attached hydrogens (primary N) is 1. The predicted octanol–water partition coefficient (Wildman–Crippen LogP) is 1.39. The summed E-state index contributed by atoms with van der Waals surface area (Å²) in [5, 5.41) is 0. The van der Waals surface area contributed by atoms with Crippen molar-refractivity contribution in [3.8, 4) is 0 Å². The minimum Gasteiger partial charge on any atom is -0.380 e. The molecule has 0 aromatic heterocycles. The van der Waals surface area contributed by atoms with E-state index >= 15 is 0 Å². The Labute approximate surface area is 69.1 Å². The number of methoxy groups -OCH3 is 1. The standard InChI is InChI=1S/C9H19NO/c1-6-4-7(2)9(11-3)8(10)5-6/h6-9H,4-5,10H2,1-3H3/t6-,7+,8-,9+/m0/s1. The van der Waals surface area contributed by atoms with Gasteiger partial charge in [-0.3, -0.25) is 0 Å². The maximum absolute atomic E-state index is 5.95. The van der Waals surface area contributed by atoms with Gasteiger partial charge in [0.05, 0.1) is 6.10 Å². The van der Waals surface area contributed by atoms with Gasteiger partial charge >= 0.3 is 0 Å². The van der Waals surface area contributed by atoms with Gasteiger partial charge in [-0.15, -0.1) is 0 Å². The molecule has 4 atom stereocenters. The molecule has 0 amide bonds. The second-order valence-electron chi connectivity index (χ2n) is 3.92. The summed E-state index contributed by atoms with van der Waals surface area (Å²) in [4.78, 5) is 0. The summed E-state index contributed by atoms with van der Waals surface area (Å²) in [6.45, 7) is 4.49. The van der Waals surface area contributed by atoms with Crippen molar-refractivity contribution < 1.29 is 4.74 Å². The summed E-state index contributed by atoms with van der Waals surface area (Å²) in [6, 6.07) is 0.249. The minimum atomic E-state index is 0.249. The Kier molecular flexibility index (Phi) is 2.90. The first kappa shape index (κ1) is 9.01. The van der Waals surface area contributed by atoms with Crippen molar-refractivity contribution in [2.75, 3.05) is 7.11 Å². The van der Waals surface area contributed by atoms with Crippen LogP contribution in [0.1, 0.15) is 26.7 Å². The van der Waals surface area contributed by atoms with Crippen molar-refractivity contribution in [1.29, 1.82) is 0 Å². The molecule has 0 unspecified atom stereocenters. The van der Waals surface area contributed by atoms with E-state index in [0.29, 0.717) is 5.92 Å². The van der Waals surface area contributed by atoms with Gasteiger partial charge in [-0.2, -0.15) is 0 Å². The lowest BCUT2D eigenvalue weighted by atomic mass is 9.78. The van der Waals surface area contributed by atoms with E-state index in [9.17, 15) is 0 Å². The Hall–Kier alpha value is -0.0800. The maximum Gasteiger partial charge on any atom is 0.0747 e. The quantitative estimate of drug-likeness (QED) is 0.624. The fourth-order valence-corrected chi connectivity index (χ4v) is 2.29. The van der Waals surface area contributed by atoms with Gasteiger partial charge in [0.15, 0.2) is 0 Å². The zero-order valence-corrected chi connectivity index (χ0v) is 7.71. The fraction of sp³-hybridized carbons (Fsp3) is 1.00. The lowest BCUT2D eigenvalue weighted by Gasteiger charge is -2.36. The Morgan fingerprint density at radius 3 is 2.36 bits per heavy atom. The molecule has 2 N–H and O–H groups in total. The average Bonchev–Trinajstić information content (AvgIpc) is 1.85.